The van der Waals surface area contributed by atoms with Crippen molar-refractivity contribution in [3.8, 4) is 0 Å². The molecule has 11 nitrogen and oxygen atoms in total. The number of hydrogen-bond donors (Lipinski definition) is 0. The predicted octanol–water partition coefficient (Wildman–Crippen LogP) is 5.52. The predicted molar refractivity (Wildman–Crippen MR) is 171 cm³/mol. The fourth-order valence-corrected chi connectivity index (χ4v) is 4.63. The number of carbonyl (C=O) groups is 5. The molecular weight excluding hydrogens is 594 g/mol. The van der Waals surface area contributed by atoms with Gasteiger partial charge in [-0.15, -0.1) is 0 Å². The molecule has 2 aliphatic rings. The molecular formula is C35H57NO10. The van der Waals surface area contributed by atoms with Crippen LogP contribution >= 0.6 is 0 Å². The first-order valence-electron chi connectivity index (χ1n) is 16.3. The van der Waals surface area contributed by atoms with Gasteiger partial charge in [-0.3, -0.25) is 24.0 Å². The summed E-state index contributed by atoms with van der Waals surface area (Å²) < 4.78 is 30.6. The second-order valence-electron chi connectivity index (χ2n) is 16.5. The minimum Gasteiger partial charge on any atom is -0.462 e. The molecule has 0 bridgehead atoms. The van der Waals surface area contributed by atoms with Gasteiger partial charge in [-0.25, -0.2) is 0 Å². The minimum atomic E-state index is -1.35. The number of allylic oxidation sites excluding steroid dienone is 1. The first kappa shape index (κ1) is 39.2. The van der Waals surface area contributed by atoms with Crippen LogP contribution in [0.15, 0.2) is 12.3 Å². The Morgan fingerprint density at radius 3 is 1.65 bits per heavy atom. The van der Waals surface area contributed by atoms with E-state index >= 15 is 0 Å². The third-order valence-corrected chi connectivity index (χ3v) is 7.64. The van der Waals surface area contributed by atoms with Crippen molar-refractivity contribution in [3.05, 3.63) is 12.3 Å². The molecule has 0 radical (unpaired) electrons. The van der Waals surface area contributed by atoms with Crippen molar-refractivity contribution >= 4 is 29.7 Å². The van der Waals surface area contributed by atoms with Crippen LogP contribution in [-0.2, 0) is 47.7 Å². The van der Waals surface area contributed by atoms with Crippen LogP contribution in [0.2, 0.25) is 0 Å². The van der Waals surface area contributed by atoms with E-state index < -0.39 is 76.2 Å². The van der Waals surface area contributed by atoms with E-state index in [0.717, 1.165) is 12.8 Å². The van der Waals surface area contributed by atoms with E-state index in [1.807, 2.05) is 11.8 Å². The van der Waals surface area contributed by atoms with Crippen LogP contribution in [0, 0.1) is 21.7 Å². The summed E-state index contributed by atoms with van der Waals surface area (Å²) in [6, 6.07) is -0.316. The number of unbranched alkanes of at least 4 members (excludes halogenated alkanes) is 1. The number of esters is 4. The smallest absolute Gasteiger partial charge is 0.311 e. The molecule has 0 aliphatic carbocycles. The van der Waals surface area contributed by atoms with E-state index in [9.17, 15) is 24.0 Å². The summed E-state index contributed by atoms with van der Waals surface area (Å²) in [5.74, 6) is -2.40. The topological polar surface area (TPSA) is 135 Å². The zero-order valence-corrected chi connectivity index (χ0v) is 30.2. The summed E-state index contributed by atoms with van der Waals surface area (Å²) in [5, 5.41) is 0. The van der Waals surface area contributed by atoms with Crippen molar-refractivity contribution in [2.75, 3.05) is 6.61 Å². The van der Waals surface area contributed by atoms with E-state index in [1.54, 1.807) is 89.3 Å². The van der Waals surface area contributed by atoms with Gasteiger partial charge in [0, 0.05) is 18.7 Å². The zero-order valence-electron chi connectivity index (χ0n) is 30.2. The highest BCUT2D eigenvalue weighted by Crippen LogP contribution is 2.37. The Morgan fingerprint density at radius 2 is 1.20 bits per heavy atom. The third kappa shape index (κ3) is 10.5. The molecule has 0 unspecified atom stereocenters. The van der Waals surface area contributed by atoms with E-state index in [1.165, 1.54) is 6.08 Å². The highest BCUT2D eigenvalue weighted by molar-refractivity contribution is 5.90. The van der Waals surface area contributed by atoms with Crippen LogP contribution in [0.5, 0.6) is 0 Å². The van der Waals surface area contributed by atoms with Gasteiger partial charge >= 0.3 is 23.9 Å². The monoisotopic (exact) mass is 651 g/mol. The molecule has 0 spiro atoms. The van der Waals surface area contributed by atoms with Gasteiger partial charge in [-0.05, 0) is 95.6 Å². The standard InChI is InChI=1S/C35H57NO10/c1-14-15-16-21-19-22(37)17-18-36(21)27-26(46-31(41)35(11,12)13)25(45-30(40)34(8,9)10)24(44-29(39)33(5,6)7)23(43-27)20-42-28(38)32(2,3)4/h17-18,21,23-27H,14-16,19-20H2,1-13H3/t21-,23+,24-,25-,26+,27+/m0/s1. The maximum absolute atomic E-state index is 13.5. The van der Waals surface area contributed by atoms with Crippen LogP contribution in [0.3, 0.4) is 0 Å². The molecule has 0 aromatic heterocycles. The Kier molecular flexibility index (Phi) is 12.7. The van der Waals surface area contributed by atoms with Crippen LogP contribution in [0.25, 0.3) is 0 Å². The number of ether oxygens (including phenoxy) is 5. The molecule has 46 heavy (non-hydrogen) atoms. The van der Waals surface area contributed by atoms with E-state index in [-0.39, 0.29) is 24.9 Å². The van der Waals surface area contributed by atoms with Gasteiger partial charge in [-0.2, -0.15) is 0 Å². The van der Waals surface area contributed by atoms with Gasteiger partial charge < -0.3 is 28.6 Å². The average molecular weight is 652 g/mol. The van der Waals surface area contributed by atoms with Crippen molar-refractivity contribution < 1.29 is 47.7 Å². The SMILES string of the molecule is CCCC[C@H]1CC(=O)C=CN1[C@@H]1O[C@H](COC(=O)C(C)(C)C)[C@H](OC(=O)C(C)(C)C)[C@H](OC(=O)C(C)(C)C)[C@H]1OC(=O)C(C)(C)C. The first-order chi connectivity index (χ1) is 20.9. The Labute approximate surface area is 275 Å². The number of hydrogen-bond acceptors (Lipinski definition) is 11. The molecule has 2 rings (SSSR count). The zero-order chi connectivity index (χ0) is 35.4. The second kappa shape index (κ2) is 14.9. The summed E-state index contributed by atoms with van der Waals surface area (Å²) in [5.41, 5.74) is -3.72. The molecule has 0 aromatic rings. The van der Waals surface area contributed by atoms with Crippen LogP contribution in [0.1, 0.15) is 116 Å². The molecule has 0 N–H and O–H groups in total. The van der Waals surface area contributed by atoms with Crippen LogP contribution < -0.4 is 0 Å². The molecule has 1 saturated heterocycles. The van der Waals surface area contributed by atoms with Crippen molar-refractivity contribution in [1.82, 2.24) is 4.90 Å². The molecule has 1 fully saturated rings. The lowest BCUT2D eigenvalue weighted by Gasteiger charge is -2.50. The van der Waals surface area contributed by atoms with E-state index in [2.05, 4.69) is 0 Å². The first-order valence-corrected chi connectivity index (χ1v) is 16.3. The molecule has 11 heteroatoms. The Hall–Kier alpha value is -2.95. The van der Waals surface area contributed by atoms with Crippen molar-refractivity contribution in [3.63, 3.8) is 0 Å². The number of nitrogens with zero attached hydrogens (tertiary/aromatic N) is 1. The lowest BCUT2D eigenvalue weighted by molar-refractivity contribution is -0.283. The summed E-state index contributed by atoms with van der Waals surface area (Å²) in [7, 11) is 0. The summed E-state index contributed by atoms with van der Waals surface area (Å²) in [4.78, 5) is 67.7. The quantitative estimate of drug-likeness (QED) is 0.230. The Morgan fingerprint density at radius 1 is 0.739 bits per heavy atom. The van der Waals surface area contributed by atoms with Gasteiger partial charge in [0.2, 0.25) is 0 Å². The highest BCUT2D eigenvalue weighted by atomic mass is 16.7. The third-order valence-electron chi connectivity index (χ3n) is 7.64. The Bertz CT molecular complexity index is 1150. The minimum absolute atomic E-state index is 0.0558. The molecule has 0 saturated carbocycles. The van der Waals surface area contributed by atoms with Crippen LogP contribution in [-0.4, -0.2) is 77.9 Å². The summed E-state index contributed by atoms with van der Waals surface area (Å²) >= 11 is 0. The normalized spacial score (nSPS) is 25.9. The van der Waals surface area contributed by atoms with Crippen molar-refractivity contribution in [1.29, 1.82) is 0 Å². The maximum Gasteiger partial charge on any atom is 0.311 e. The molecule has 262 valence electrons. The van der Waals surface area contributed by atoms with E-state index in [4.69, 9.17) is 23.7 Å². The molecule has 0 aromatic carbocycles. The fraction of sp³-hybridized carbons (Fsp3) is 0.800. The fourth-order valence-electron chi connectivity index (χ4n) is 4.63. The Balaban J connectivity index is 2.80. The molecule has 6 atom stereocenters. The number of rotatable bonds is 9. The van der Waals surface area contributed by atoms with Gasteiger partial charge in [0.05, 0.1) is 21.7 Å². The second-order valence-corrected chi connectivity index (χ2v) is 16.5. The van der Waals surface area contributed by atoms with Gasteiger partial charge in [0.15, 0.2) is 30.3 Å². The summed E-state index contributed by atoms with van der Waals surface area (Å²) in [6.07, 6.45) is -0.556. The highest BCUT2D eigenvalue weighted by Gasteiger charge is 2.56. The van der Waals surface area contributed by atoms with Gasteiger partial charge in [0.25, 0.3) is 0 Å². The van der Waals surface area contributed by atoms with Crippen molar-refractivity contribution in [2.45, 2.75) is 152 Å². The van der Waals surface area contributed by atoms with Crippen LogP contribution in [0.4, 0.5) is 0 Å². The number of carbonyl (C=O) groups excluding carboxylic acids is 5. The lowest BCUT2D eigenvalue weighted by atomic mass is 9.91. The summed E-state index contributed by atoms with van der Waals surface area (Å²) in [6.45, 7) is 22.0. The van der Waals surface area contributed by atoms with Gasteiger partial charge in [0.1, 0.15) is 12.7 Å². The largest absolute Gasteiger partial charge is 0.462 e. The molecule has 2 heterocycles. The average Bonchev–Trinajstić information content (AvgIpc) is 2.90. The van der Waals surface area contributed by atoms with E-state index in [0.29, 0.717) is 6.42 Å². The number of ketones is 1. The molecule has 2 aliphatic heterocycles. The molecule has 0 amide bonds. The van der Waals surface area contributed by atoms with Gasteiger partial charge in [-0.1, -0.05) is 19.8 Å². The van der Waals surface area contributed by atoms with Crippen molar-refractivity contribution in [2.24, 2.45) is 21.7 Å². The lowest BCUT2D eigenvalue weighted by Crippen LogP contribution is -2.67. The maximum atomic E-state index is 13.5.